The number of ether oxygens (including phenoxy) is 1. The van der Waals surface area contributed by atoms with E-state index >= 15 is 0 Å². The van der Waals surface area contributed by atoms with Crippen LogP contribution >= 0.6 is 0 Å². The van der Waals surface area contributed by atoms with Crippen molar-refractivity contribution in [2.75, 3.05) is 6.61 Å². The molecular formula is C14H13FN2O2. The Morgan fingerprint density at radius 3 is 2.89 bits per heavy atom. The van der Waals surface area contributed by atoms with Crippen molar-refractivity contribution < 1.29 is 13.9 Å². The zero-order valence-electron chi connectivity index (χ0n) is 10.3. The van der Waals surface area contributed by atoms with Gasteiger partial charge in [0, 0.05) is 11.1 Å². The Morgan fingerprint density at radius 2 is 2.26 bits per heavy atom. The van der Waals surface area contributed by atoms with Gasteiger partial charge in [0.05, 0.1) is 0 Å². The fourth-order valence-electron chi connectivity index (χ4n) is 2.33. The Balaban J connectivity index is 1.89. The van der Waals surface area contributed by atoms with Crippen LogP contribution in [0, 0.1) is 5.82 Å². The SMILES string of the molecule is O=C1NN=C(c2ccc(C3=CCCC3)c(F)c2)CO1. The fourth-order valence-corrected chi connectivity index (χ4v) is 2.33. The Bertz CT molecular complexity index is 593. The molecule has 1 aliphatic heterocycles. The normalized spacial score (nSPS) is 18.5. The van der Waals surface area contributed by atoms with Crippen LogP contribution in [0.4, 0.5) is 9.18 Å². The zero-order valence-corrected chi connectivity index (χ0v) is 10.3. The number of hydrogen-bond donors (Lipinski definition) is 1. The molecule has 0 bridgehead atoms. The Kier molecular flexibility index (Phi) is 3.03. The van der Waals surface area contributed by atoms with Gasteiger partial charge in [-0.15, -0.1) is 0 Å². The predicted octanol–water partition coefficient (Wildman–Crippen LogP) is 2.84. The molecule has 1 aromatic rings. The average Bonchev–Trinajstić information content (AvgIpc) is 2.93. The molecule has 0 radical (unpaired) electrons. The van der Waals surface area contributed by atoms with Crippen LogP contribution in [0.1, 0.15) is 30.4 Å². The minimum Gasteiger partial charge on any atom is -0.442 e. The van der Waals surface area contributed by atoms with Crippen LogP contribution in [0.15, 0.2) is 29.4 Å². The number of amides is 1. The largest absolute Gasteiger partial charge is 0.442 e. The van der Waals surface area contributed by atoms with Gasteiger partial charge in [0.15, 0.2) is 0 Å². The van der Waals surface area contributed by atoms with Crippen LogP contribution in [0.2, 0.25) is 0 Å². The highest BCUT2D eigenvalue weighted by Gasteiger charge is 2.17. The average molecular weight is 260 g/mol. The second kappa shape index (κ2) is 4.84. The van der Waals surface area contributed by atoms with Gasteiger partial charge < -0.3 is 4.74 Å². The molecule has 1 aromatic carbocycles. The van der Waals surface area contributed by atoms with Gasteiger partial charge in [-0.2, -0.15) is 5.10 Å². The Morgan fingerprint density at radius 1 is 1.37 bits per heavy atom. The highest BCUT2D eigenvalue weighted by Crippen LogP contribution is 2.29. The van der Waals surface area contributed by atoms with E-state index in [2.05, 4.69) is 16.6 Å². The molecule has 4 nitrogen and oxygen atoms in total. The first kappa shape index (κ1) is 11.9. The van der Waals surface area contributed by atoms with Crippen LogP contribution in [-0.4, -0.2) is 18.4 Å². The zero-order chi connectivity index (χ0) is 13.2. The van der Waals surface area contributed by atoms with E-state index in [9.17, 15) is 9.18 Å². The molecule has 0 saturated carbocycles. The third-order valence-corrected chi connectivity index (χ3v) is 3.31. The lowest BCUT2D eigenvalue weighted by molar-refractivity contribution is 0.157. The number of nitrogens with one attached hydrogen (secondary N) is 1. The molecule has 0 unspecified atom stereocenters. The summed E-state index contributed by atoms with van der Waals surface area (Å²) in [7, 11) is 0. The third kappa shape index (κ3) is 2.36. The summed E-state index contributed by atoms with van der Waals surface area (Å²) in [5.74, 6) is -0.259. The van der Waals surface area contributed by atoms with Crippen molar-refractivity contribution >= 4 is 17.4 Å². The van der Waals surface area contributed by atoms with Gasteiger partial charge in [0.2, 0.25) is 0 Å². The third-order valence-electron chi connectivity index (χ3n) is 3.31. The number of hydrazone groups is 1. The molecule has 1 aliphatic carbocycles. The minimum absolute atomic E-state index is 0.0628. The molecule has 1 N–H and O–H groups in total. The van der Waals surface area contributed by atoms with E-state index in [0.717, 1.165) is 24.8 Å². The first-order chi connectivity index (χ1) is 9.24. The molecule has 0 atom stereocenters. The van der Waals surface area contributed by atoms with E-state index in [1.165, 1.54) is 6.07 Å². The topological polar surface area (TPSA) is 50.7 Å². The molecule has 0 saturated heterocycles. The molecule has 0 spiro atoms. The molecular weight excluding hydrogens is 247 g/mol. The van der Waals surface area contributed by atoms with E-state index in [-0.39, 0.29) is 12.4 Å². The summed E-state index contributed by atoms with van der Waals surface area (Å²) >= 11 is 0. The number of allylic oxidation sites excluding steroid dienone is 2. The molecule has 1 heterocycles. The van der Waals surface area contributed by atoms with E-state index in [4.69, 9.17) is 4.74 Å². The highest BCUT2D eigenvalue weighted by molar-refractivity contribution is 6.03. The van der Waals surface area contributed by atoms with E-state index in [0.29, 0.717) is 16.8 Å². The van der Waals surface area contributed by atoms with Crippen LogP contribution in [0.3, 0.4) is 0 Å². The van der Waals surface area contributed by atoms with E-state index < -0.39 is 6.09 Å². The number of nitrogens with zero attached hydrogens (tertiary/aromatic N) is 1. The molecule has 19 heavy (non-hydrogen) atoms. The maximum Gasteiger partial charge on any atom is 0.428 e. The van der Waals surface area contributed by atoms with Crippen LogP contribution in [0.25, 0.3) is 5.57 Å². The number of halogens is 1. The van der Waals surface area contributed by atoms with Crippen molar-refractivity contribution in [3.63, 3.8) is 0 Å². The van der Waals surface area contributed by atoms with Gasteiger partial charge in [-0.25, -0.2) is 14.6 Å². The monoisotopic (exact) mass is 260 g/mol. The van der Waals surface area contributed by atoms with Crippen molar-refractivity contribution in [1.29, 1.82) is 0 Å². The van der Waals surface area contributed by atoms with Gasteiger partial charge in [0.1, 0.15) is 18.1 Å². The molecule has 0 fully saturated rings. The van der Waals surface area contributed by atoms with Gasteiger partial charge in [0.25, 0.3) is 0 Å². The van der Waals surface area contributed by atoms with E-state index in [1.54, 1.807) is 12.1 Å². The predicted molar refractivity (Wildman–Crippen MR) is 69.2 cm³/mol. The fraction of sp³-hybridized carbons (Fsp3) is 0.286. The van der Waals surface area contributed by atoms with Crippen LogP contribution in [-0.2, 0) is 4.74 Å². The molecule has 1 amide bonds. The lowest BCUT2D eigenvalue weighted by Crippen LogP contribution is -2.30. The maximum atomic E-state index is 14.1. The summed E-state index contributed by atoms with van der Waals surface area (Å²) in [6, 6.07) is 5.01. The second-order valence-electron chi connectivity index (χ2n) is 4.56. The molecule has 3 rings (SSSR count). The lowest BCUT2D eigenvalue weighted by atomic mass is 10.0. The van der Waals surface area contributed by atoms with Gasteiger partial charge in [-0.3, -0.25) is 0 Å². The lowest BCUT2D eigenvalue weighted by Gasteiger charge is -2.14. The summed E-state index contributed by atoms with van der Waals surface area (Å²) < 4.78 is 18.9. The van der Waals surface area contributed by atoms with Crippen molar-refractivity contribution in [1.82, 2.24) is 5.43 Å². The summed E-state index contributed by atoms with van der Waals surface area (Å²) in [5.41, 5.74) is 5.08. The summed E-state index contributed by atoms with van der Waals surface area (Å²) in [4.78, 5) is 10.8. The van der Waals surface area contributed by atoms with Crippen molar-refractivity contribution in [2.45, 2.75) is 19.3 Å². The van der Waals surface area contributed by atoms with Crippen molar-refractivity contribution in [3.05, 3.63) is 41.2 Å². The standard InChI is InChI=1S/C14H13FN2O2/c15-12-7-10(13-8-19-14(18)17-16-13)5-6-11(12)9-3-1-2-4-9/h3,5-7H,1-2,4,8H2,(H,17,18). The first-order valence-electron chi connectivity index (χ1n) is 6.23. The molecule has 0 aromatic heterocycles. The van der Waals surface area contributed by atoms with Gasteiger partial charge in [-0.1, -0.05) is 18.2 Å². The number of hydrogen-bond acceptors (Lipinski definition) is 3. The maximum absolute atomic E-state index is 14.1. The Labute approximate surface area is 110 Å². The second-order valence-corrected chi connectivity index (χ2v) is 4.56. The molecule has 2 aliphatic rings. The molecule has 98 valence electrons. The highest BCUT2D eigenvalue weighted by atomic mass is 19.1. The molecule has 5 heteroatoms. The van der Waals surface area contributed by atoms with Crippen molar-refractivity contribution in [3.8, 4) is 0 Å². The number of carbonyl (C=O) groups excluding carboxylic acids is 1. The van der Waals surface area contributed by atoms with Crippen LogP contribution in [0.5, 0.6) is 0 Å². The van der Waals surface area contributed by atoms with Crippen LogP contribution < -0.4 is 5.43 Å². The Hall–Kier alpha value is -2.17. The quantitative estimate of drug-likeness (QED) is 0.888. The van der Waals surface area contributed by atoms with E-state index in [1.807, 2.05) is 0 Å². The number of cyclic esters (lactones) is 1. The smallest absolute Gasteiger partial charge is 0.428 e. The number of carbonyl (C=O) groups is 1. The van der Waals surface area contributed by atoms with Gasteiger partial charge >= 0.3 is 6.09 Å². The number of rotatable bonds is 2. The van der Waals surface area contributed by atoms with Gasteiger partial charge in [-0.05, 0) is 30.9 Å². The number of benzene rings is 1. The minimum atomic E-state index is -0.586. The van der Waals surface area contributed by atoms with Crippen molar-refractivity contribution in [2.24, 2.45) is 5.10 Å². The summed E-state index contributed by atoms with van der Waals surface area (Å²) in [6.45, 7) is 0.0628. The first-order valence-corrected chi connectivity index (χ1v) is 6.23. The summed E-state index contributed by atoms with van der Waals surface area (Å²) in [5, 5.41) is 3.86. The summed E-state index contributed by atoms with van der Waals surface area (Å²) in [6.07, 6.45) is 4.53.